The Morgan fingerprint density at radius 2 is 1.77 bits per heavy atom. The van der Waals surface area contributed by atoms with Gasteiger partial charge in [0.25, 0.3) is 11.8 Å². The molecule has 0 saturated carbocycles. The van der Waals surface area contributed by atoms with Gasteiger partial charge in [0.15, 0.2) is 5.76 Å². The molecule has 0 bridgehead atoms. The Morgan fingerprint density at radius 3 is 2.33 bits per heavy atom. The number of nitrogens with zero attached hydrogens (tertiary/aromatic N) is 1. The smallest absolute Gasteiger partial charge is 0.289 e. The van der Waals surface area contributed by atoms with E-state index in [2.05, 4.69) is 10.6 Å². The van der Waals surface area contributed by atoms with E-state index in [9.17, 15) is 18.8 Å². The third-order valence-electron chi connectivity index (χ3n) is 5.20. The quantitative estimate of drug-likeness (QED) is 0.759. The van der Waals surface area contributed by atoms with Gasteiger partial charge in [-0.2, -0.15) is 0 Å². The van der Waals surface area contributed by atoms with Gasteiger partial charge >= 0.3 is 0 Å². The second kappa shape index (κ2) is 9.56. The molecule has 8 heteroatoms. The number of amides is 3. The van der Waals surface area contributed by atoms with Crippen LogP contribution in [0.2, 0.25) is 0 Å². The van der Waals surface area contributed by atoms with Crippen molar-refractivity contribution in [3.8, 4) is 0 Å². The number of benzene rings is 1. The Kier molecular flexibility index (Phi) is 6.87. The fourth-order valence-electron chi connectivity index (χ4n) is 3.43. The number of furan rings is 1. The Balaban J connectivity index is 1.53. The zero-order valence-electron chi connectivity index (χ0n) is 17.1. The molecule has 0 spiro atoms. The molecule has 2 N–H and O–H groups in total. The molecule has 1 fully saturated rings. The molecule has 1 aromatic heterocycles. The number of rotatable bonds is 6. The van der Waals surface area contributed by atoms with Crippen molar-refractivity contribution in [2.45, 2.75) is 38.8 Å². The summed E-state index contributed by atoms with van der Waals surface area (Å²) in [6, 6.07) is 7.68. The van der Waals surface area contributed by atoms with Gasteiger partial charge in [-0.05, 0) is 55.2 Å². The van der Waals surface area contributed by atoms with Crippen LogP contribution in [0.1, 0.15) is 47.6 Å². The van der Waals surface area contributed by atoms with E-state index < -0.39 is 17.8 Å². The highest BCUT2D eigenvalue weighted by molar-refractivity contribution is 5.97. The van der Waals surface area contributed by atoms with Gasteiger partial charge in [0, 0.05) is 24.7 Å². The van der Waals surface area contributed by atoms with Crippen LogP contribution in [0.5, 0.6) is 0 Å². The van der Waals surface area contributed by atoms with Gasteiger partial charge in [-0.15, -0.1) is 0 Å². The molecule has 2 heterocycles. The maximum atomic E-state index is 13.1. The largest absolute Gasteiger partial charge is 0.459 e. The lowest BCUT2D eigenvalue weighted by Gasteiger charge is -2.33. The summed E-state index contributed by atoms with van der Waals surface area (Å²) in [4.78, 5) is 39.3. The van der Waals surface area contributed by atoms with Crippen molar-refractivity contribution in [2.75, 3.05) is 13.1 Å². The van der Waals surface area contributed by atoms with E-state index in [1.807, 2.05) is 13.8 Å². The van der Waals surface area contributed by atoms with Gasteiger partial charge in [0.1, 0.15) is 11.9 Å². The maximum Gasteiger partial charge on any atom is 0.289 e. The second-order valence-corrected chi connectivity index (χ2v) is 7.75. The van der Waals surface area contributed by atoms with E-state index in [-0.39, 0.29) is 23.8 Å². The lowest BCUT2D eigenvalue weighted by Crippen LogP contribution is -2.54. The Hall–Kier alpha value is -3.16. The minimum atomic E-state index is -0.717. The van der Waals surface area contributed by atoms with Crippen molar-refractivity contribution in [1.82, 2.24) is 15.5 Å². The molecular weight excluding hydrogens is 389 g/mol. The summed E-state index contributed by atoms with van der Waals surface area (Å²) in [5.74, 6) is -1.10. The SMILES string of the molecule is CC(C)C(NC(=O)c1ccc(F)cc1)C(=O)NC1CCN(C(=O)c2ccco2)CC1. The molecule has 1 unspecified atom stereocenters. The van der Waals surface area contributed by atoms with Crippen molar-refractivity contribution in [1.29, 1.82) is 0 Å². The molecule has 1 atom stereocenters. The molecule has 1 saturated heterocycles. The molecule has 160 valence electrons. The van der Waals surface area contributed by atoms with Crippen LogP contribution in [-0.2, 0) is 4.79 Å². The topological polar surface area (TPSA) is 91.7 Å². The second-order valence-electron chi connectivity index (χ2n) is 7.75. The summed E-state index contributed by atoms with van der Waals surface area (Å²) in [6.45, 7) is 4.72. The van der Waals surface area contributed by atoms with Gasteiger partial charge < -0.3 is 20.0 Å². The van der Waals surface area contributed by atoms with Crippen molar-refractivity contribution in [2.24, 2.45) is 5.92 Å². The predicted molar refractivity (Wildman–Crippen MR) is 108 cm³/mol. The molecular formula is C22H26FN3O4. The number of carbonyl (C=O) groups is 3. The van der Waals surface area contributed by atoms with Crippen molar-refractivity contribution >= 4 is 17.7 Å². The molecule has 3 rings (SSSR count). The highest BCUT2D eigenvalue weighted by Crippen LogP contribution is 2.15. The third kappa shape index (κ3) is 5.25. The number of likely N-dealkylation sites (tertiary alicyclic amines) is 1. The molecule has 1 aliphatic rings. The number of halogens is 1. The van der Waals surface area contributed by atoms with Crippen LogP contribution in [0.4, 0.5) is 4.39 Å². The fourth-order valence-corrected chi connectivity index (χ4v) is 3.43. The summed E-state index contributed by atoms with van der Waals surface area (Å²) in [5.41, 5.74) is 0.291. The van der Waals surface area contributed by atoms with Crippen molar-refractivity contribution in [3.63, 3.8) is 0 Å². The molecule has 3 amide bonds. The summed E-state index contributed by atoms with van der Waals surface area (Å²) in [7, 11) is 0. The fraction of sp³-hybridized carbons (Fsp3) is 0.409. The molecule has 7 nitrogen and oxygen atoms in total. The molecule has 0 radical (unpaired) electrons. The van der Waals surface area contributed by atoms with Crippen molar-refractivity contribution in [3.05, 3.63) is 59.8 Å². The van der Waals surface area contributed by atoms with Crippen LogP contribution < -0.4 is 10.6 Å². The minimum absolute atomic E-state index is 0.0814. The Morgan fingerprint density at radius 1 is 1.10 bits per heavy atom. The number of hydrogen-bond acceptors (Lipinski definition) is 4. The highest BCUT2D eigenvalue weighted by atomic mass is 19.1. The lowest BCUT2D eigenvalue weighted by molar-refractivity contribution is -0.124. The molecule has 1 aliphatic heterocycles. The first kappa shape index (κ1) is 21.5. The van der Waals surface area contributed by atoms with E-state index >= 15 is 0 Å². The monoisotopic (exact) mass is 415 g/mol. The summed E-state index contributed by atoms with van der Waals surface area (Å²) in [6.07, 6.45) is 2.70. The van der Waals surface area contributed by atoms with Crippen LogP contribution in [0.3, 0.4) is 0 Å². The van der Waals surface area contributed by atoms with E-state index in [0.29, 0.717) is 37.3 Å². The Labute approximate surface area is 174 Å². The van der Waals surface area contributed by atoms with Gasteiger partial charge in [0.05, 0.1) is 6.26 Å². The third-order valence-corrected chi connectivity index (χ3v) is 5.20. The lowest BCUT2D eigenvalue weighted by atomic mass is 10.00. The summed E-state index contributed by atoms with van der Waals surface area (Å²) < 4.78 is 18.2. The minimum Gasteiger partial charge on any atom is -0.459 e. The molecule has 30 heavy (non-hydrogen) atoms. The van der Waals surface area contributed by atoms with E-state index in [0.717, 1.165) is 0 Å². The van der Waals surface area contributed by atoms with Gasteiger partial charge in [0.2, 0.25) is 5.91 Å². The zero-order chi connectivity index (χ0) is 21.7. The summed E-state index contributed by atoms with van der Waals surface area (Å²) >= 11 is 0. The van der Waals surface area contributed by atoms with E-state index in [4.69, 9.17) is 4.42 Å². The first-order chi connectivity index (χ1) is 14.3. The number of piperidine rings is 1. The molecule has 0 aliphatic carbocycles. The predicted octanol–water partition coefficient (Wildman–Crippen LogP) is 2.59. The van der Waals surface area contributed by atoms with Crippen LogP contribution >= 0.6 is 0 Å². The average molecular weight is 415 g/mol. The molecule has 1 aromatic carbocycles. The van der Waals surface area contributed by atoms with Crippen LogP contribution in [-0.4, -0.2) is 47.8 Å². The van der Waals surface area contributed by atoms with Gasteiger partial charge in [-0.3, -0.25) is 14.4 Å². The first-order valence-electron chi connectivity index (χ1n) is 10.0. The van der Waals surface area contributed by atoms with Gasteiger partial charge in [-0.1, -0.05) is 13.8 Å². The van der Waals surface area contributed by atoms with E-state index in [1.165, 1.54) is 30.5 Å². The van der Waals surface area contributed by atoms with Crippen LogP contribution in [0.25, 0.3) is 0 Å². The standard InChI is InChI=1S/C22H26FN3O4/c1-14(2)19(25-20(27)15-5-7-16(23)8-6-15)21(28)24-17-9-11-26(12-10-17)22(29)18-4-3-13-30-18/h3-8,13-14,17,19H,9-12H2,1-2H3,(H,24,28)(H,25,27). The van der Waals surface area contributed by atoms with Crippen molar-refractivity contribution < 1.29 is 23.2 Å². The number of hydrogen-bond donors (Lipinski definition) is 2. The van der Waals surface area contributed by atoms with Crippen LogP contribution in [0, 0.1) is 11.7 Å². The number of nitrogens with one attached hydrogen (secondary N) is 2. The first-order valence-corrected chi connectivity index (χ1v) is 10.0. The van der Waals surface area contributed by atoms with Gasteiger partial charge in [-0.25, -0.2) is 4.39 Å². The van der Waals surface area contributed by atoms with E-state index in [1.54, 1.807) is 17.0 Å². The Bertz CT molecular complexity index is 872. The normalized spacial score (nSPS) is 15.7. The highest BCUT2D eigenvalue weighted by Gasteiger charge is 2.30. The zero-order valence-corrected chi connectivity index (χ0v) is 17.1. The maximum absolute atomic E-state index is 13.1. The van der Waals surface area contributed by atoms with Crippen LogP contribution in [0.15, 0.2) is 47.1 Å². The average Bonchev–Trinajstić information content (AvgIpc) is 3.27. The molecule has 2 aromatic rings. The summed E-state index contributed by atoms with van der Waals surface area (Å²) in [5, 5.41) is 5.72. The number of carbonyl (C=O) groups excluding carboxylic acids is 3.